The zero-order valence-electron chi connectivity index (χ0n) is 10.1. The van der Waals surface area contributed by atoms with Gasteiger partial charge < -0.3 is 20.5 Å². The van der Waals surface area contributed by atoms with E-state index < -0.39 is 0 Å². The van der Waals surface area contributed by atoms with E-state index in [0.29, 0.717) is 22.7 Å². The summed E-state index contributed by atoms with van der Waals surface area (Å²) >= 11 is 4.63. The number of fused-ring (bicyclic) bond motifs is 1. The second-order valence-electron chi connectivity index (χ2n) is 3.71. The van der Waals surface area contributed by atoms with Gasteiger partial charge in [0.15, 0.2) is 16.6 Å². The van der Waals surface area contributed by atoms with Crippen LogP contribution in [0.1, 0.15) is 12.5 Å². The standard InChI is InChI=1S/C11H12N4O3S/c1-6(16)14-8-3-10-9(17-5-18-10)2-7(8)4-13-15-11(12)19/h2-4H,5H2,1H3,(H,14,16)(H3,12,15,19). The molecule has 0 unspecified atom stereocenters. The maximum Gasteiger partial charge on any atom is 0.231 e. The Balaban J connectivity index is 2.30. The lowest BCUT2D eigenvalue weighted by molar-refractivity contribution is -0.114. The lowest BCUT2D eigenvalue weighted by Gasteiger charge is -2.08. The van der Waals surface area contributed by atoms with Gasteiger partial charge in [-0.25, -0.2) is 0 Å². The topological polar surface area (TPSA) is 98.0 Å². The summed E-state index contributed by atoms with van der Waals surface area (Å²) in [5.74, 6) is 0.963. The van der Waals surface area contributed by atoms with Gasteiger partial charge in [0.05, 0.1) is 11.9 Å². The number of benzene rings is 1. The Kier molecular flexibility index (Phi) is 3.81. The van der Waals surface area contributed by atoms with Gasteiger partial charge in [-0.3, -0.25) is 10.2 Å². The normalized spacial score (nSPS) is 12.5. The van der Waals surface area contributed by atoms with Crippen molar-refractivity contribution in [2.24, 2.45) is 10.8 Å². The van der Waals surface area contributed by atoms with Crippen LogP contribution in [0.25, 0.3) is 0 Å². The molecule has 0 fully saturated rings. The van der Waals surface area contributed by atoms with Crippen molar-refractivity contribution < 1.29 is 14.3 Å². The molecule has 1 heterocycles. The Hall–Kier alpha value is -2.35. The van der Waals surface area contributed by atoms with E-state index in [1.807, 2.05) is 0 Å². The van der Waals surface area contributed by atoms with E-state index in [-0.39, 0.29) is 17.8 Å². The minimum absolute atomic E-state index is 0.0538. The first-order chi connectivity index (χ1) is 9.06. The number of nitrogens with two attached hydrogens (primary N) is 1. The first kappa shape index (κ1) is 13.1. The van der Waals surface area contributed by atoms with Gasteiger partial charge in [0.25, 0.3) is 0 Å². The summed E-state index contributed by atoms with van der Waals surface area (Å²) in [5.41, 5.74) is 8.90. The Morgan fingerprint density at radius 3 is 2.79 bits per heavy atom. The van der Waals surface area contributed by atoms with Gasteiger partial charge in [-0.2, -0.15) is 5.10 Å². The Morgan fingerprint density at radius 1 is 1.47 bits per heavy atom. The van der Waals surface area contributed by atoms with Crippen LogP contribution in [-0.2, 0) is 4.79 Å². The number of rotatable bonds is 3. The third kappa shape index (κ3) is 3.32. The molecule has 8 heteroatoms. The SMILES string of the molecule is CC(=O)Nc1cc2c(cc1C=NNC(N)=S)OCO2. The average Bonchev–Trinajstić information content (AvgIpc) is 2.75. The first-order valence-electron chi connectivity index (χ1n) is 5.36. The van der Waals surface area contributed by atoms with Crippen LogP contribution in [-0.4, -0.2) is 24.0 Å². The number of nitrogens with one attached hydrogen (secondary N) is 2. The summed E-state index contributed by atoms with van der Waals surface area (Å²) in [6.45, 7) is 1.57. The van der Waals surface area contributed by atoms with E-state index in [0.717, 1.165) is 0 Å². The highest BCUT2D eigenvalue weighted by molar-refractivity contribution is 7.80. The van der Waals surface area contributed by atoms with Crippen LogP contribution in [0.4, 0.5) is 5.69 Å². The number of carbonyl (C=O) groups is 1. The van der Waals surface area contributed by atoms with Crippen molar-refractivity contribution in [3.63, 3.8) is 0 Å². The highest BCUT2D eigenvalue weighted by Crippen LogP contribution is 2.36. The molecule has 0 saturated carbocycles. The van der Waals surface area contributed by atoms with E-state index in [1.165, 1.54) is 13.1 Å². The van der Waals surface area contributed by atoms with Crippen LogP contribution in [0.3, 0.4) is 0 Å². The van der Waals surface area contributed by atoms with Gasteiger partial charge >= 0.3 is 0 Å². The van der Waals surface area contributed by atoms with E-state index in [1.54, 1.807) is 12.1 Å². The van der Waals surface area contributed by atoms with E-state index in [4.69, 9.17) is 15.2 Å². The maximum absolute atomic E-state index is 11.2. The molecule has 0 radical (unpaired) electrons. The molecule has 1 aliphatic heterocycles. The largest absolute Gasteiger partial charge is 0.454 e. The Morgan fingerprint density at radius 2 is 2.16 bits per heavy atom. The minimum atomic E-state index is -0.198. The molecule has 100 valence electrons. The zero-order chi connectivity index (χ0) is 13.8. The summed E-state index contributed by atoms with van der Waals surface area (Å²) < 4.78 is 10.5. The summed E-state index contributed by atoms with van der Waals surface area (Å²) in [6, 6.07) is 3.38. The number of nitrogens with zero attached hydrogens (tertiary/aromatic N) is 1. The molecule has 7 nitrogen and oxygen atoms in total. The molecular weight excluding hydrogens is 268 g/mol. The van der Waals surface area contributed by atoms with Crippen LogP contribution in [0.15, 0.2) is 17.2 Å². The molecule has 0 atom stereocenters. The second kappa shape index (κ2) is 5.53. The van der Waals surface area contributed by atoms with Crippen LogP contribution in [0, 0.1) is 0 Å². The van der Waals surface area contributed by atoms with Gasteiger partial charge in [0, 0.05) is 18.6 Å². The number of thiocarbonyl (C=S) groups is 1. The molecule has 0 bridgehead atoms. The predicted octanol–water partition coefficient (Wildman–Crippen LogP) is 0.541. The highest BCUT2D eigenvalue weighted by atomic mass is 32.1. The quantitative estimate of drug-likeness (QED) is 0.425. The molecule has 4 N–H and O–H groups in total. The maximum atomic E-state index is 11.2. The molecule has 19 heavy (non-hydrogen) atoms. The van der Waals surface area contributed by atoms with E-state index >= 15 is 0 Å². The Labute approximate surface area is 114 Å². The molecule has 2 rings (SSSR count). The smallest absolute Gasteiger partial charge is 0.231 e. The second-order valence-corrected chi connectivity index (χ2v) is 4.15. The van der Waals surface area contributed by atoms with Gasteiger partial charge in [0.2, 0.25) is 12.7 Å². The minimum Gasteiger partial charge on any atom is -0.454 e. The van der Waals surface area contributed by atoms with Crippen molar-refractivity contribution >= 4 is 35.1 Å². The highest BCUT2D eigenvalue weighted by Gasteiger charge is 2.17. The number of ether oxygens (including phenoxy) is 2. The number of hydrazone groups is 1. The van der Waals surface area contributed by atoms with Crippen molar-refractivity contribution in [3.8, 4) is 11.5 Å². The molecule has 0 saturated heterocycles. The molecular formula is C11H12N4O3S. The first-order valence-corrected chi connectivity index (χ1v) is 5.77. The fourth-order valence-corrected chi connectivity index (χ4v) is 1.58. The van der Waals surface area contributed by atoms with Crippen molar-refractivity contribution in [2.75, 3.05) is 12.1 Å². The van der Waals surface area contributed by atoms with Crippen molar-refractivity contribution in [2.45, 2.75) is 6.92 Å². The van der Waals surface area contributed by atoms with Gasteiger partial charge in [-0.15, -0.1) is 0 Å². The van der Waals surface area contributed by atoms with Crippen molar-refractivity contribution in [1.29, 1.82) is 0 Å². The van der Waals surface area contributed by atoms with Crippen LogP contribution < -0.4 is 25.9 Å². The predicted molar refractivity (Wildman–Crippen MR) is 74.4 cm³/mol. The van der Waals surface area contributed by atoms with Crippen molar-refractivity contribution in [3.05, 3.63) is 17.7 Å². The zero-order valence-corrected chi connectivity index (χ0v) is 10.9. The molecule has 1 aromatic rings. The fraction of sp³-hybridized carbons (Fsp3) is 0.182. The monoisotopic (exact) mass is 280 g/mol. The van der Waals surface area contributed by atoms with Crippen LogP contribution in [0.5, 0.6) is 11.5 Å². The fourth-order valence-electron chi connectivity index (χ4n) is 1.53. The summed E-state index contributed by atoms with van der Waals surface area (Å²) in [4.78, 5) is 11.2. The number of hydrogen-bond acceptors (Lipinski definition) is 5. The summed E-state index contributed by atoms with van der Waals surface area (Å²) in [5, 5.41) is 6.58. The third-order valence-corrected chi connectivity index (χ3v) is 2.33. The Bertz CT molecular complexity index is 559. The summed E-state index contributed by atoms with van der Waals surface area (Å²) in [6.07, 6.45) is 1.48. The van der Waals surface area contributed by atoms with Crippen LogP contribution >= 0.6 is 12.2 Å². The molecule has 0 spiro atoms. The number of amides is 1. The number of carbonyl (C=O) groups excluding carboxylic acids is 1. The molecule has 1 aliphatic rings. The van der Waals surface area contributed by atoms with E-state index in [2.05, 4.69) is 28.1 Å². The lowest BCUT2D eigenvalue weighted by Crippen LogP contribution is -2.24. The van der Waals surface area contributed by atoms with Gasteiger partial charge in [-0.05, 0) is 18.3 Å². The van der Waals surface area contributed by atoms with Crippen molar-refractivity contribution in [1.82, 2.24) is 5.43 Å². The number of anilines is 1. The molecule has 0 aromatic heterocycles. The lowest BCUT2D eigenvalue weighted by atomic mass is 10.1. The average molecular weight is 280 g/mol. The van der Waals surface area contributed by atoms with Gasteiger partial charge in [-0.1, -0.05) is 0 Å². The van der Waals surface area contributed by atoms with Gasteiger partial charge in [0.1, 0.15) is 0 Å². The molecule has 0 aliphatic carbocycles. The molecule has 1 aromatic carbocycles. The van der Waals surface area contributed by atoms with Crippen LogP contribution in [0.2, 0.25) is 0 Å². The summed E-state index contributed by atoms with van der Waals surface area (Å²) in [7, 11) is 0. The van der Waals surface area contributed by atoms with E-state index in [9.17, 15) is 4.79 Å². The number of hydrogen-bond donors (Lipinski definition) is 3. The molecule has 1 amide bonds. The third-order valence-electron chi connectivity index (χ3n) is 2.23.